The number of nitrogens with one attached hydrogen (secondary N) is 1. The number of ether oxygens (including phenoxy) is 2. The number of nitrogens with zero attached hydrogens (tertiary/aromatic N) is 1. The second kappa shape index (κ2) is 9.54. The molecular formula is C25H26N2O5S. The van der Waals surface area contributed by atoms with Gasteiger partial charge in [0, 0.05) is 12.1 Å². The number of hydrogen-bond donors (Lipinski definition) is 1. The van der Waals surface area contributed by atoms with Gasteiger partial charge in [-0.3, -0.25) is 9.10 Å². The van der Waals surface area contributed by atoms with E-state index in [1.54, 1.807) is 48.5 Å². The number of sulfonamides is 1. The van der Waals surface area contributed by atoms with E-state index >= 15 is 0 Å². The second-order valence-electron chi connectivity index (χ2n) is 7.68. The number of hydrogen-bond acceptors (Lipinski definition) is 5. The van der Waals surface area contributed by atoms with Crippen LogP contribution in [0.1, 0.15) is 18.1 Å². The van der Waals surface area contributed by atoms with Crippen LogP contribution in [0.25, 0.3) is 0 Å². The van der Waals surface area contributed by atoms with Crippen molar-refractivity contribution in [3.8, 4) is 11.5 Å². The lowest BCUT2D eigenvalue weighted by Crippen LogP contribution is -2.50. The molecule has 0 saturated heterocycles. The van der Waals surface area contributed by atoms with Crippen molar-refractivity contribution in [2.45, 2.75) is 31.4 Å². The summed E-state index contributed by atoms with van der Waals surface area (Å²) in [5, 5.41) is 2.85. The minimum absolute atomic E-state index is 0.133. The zero-order valence-electron chi connectivity index (χ0n) is 18.5. The van der Waals surface area contributed by atoms with E-state index in [1.165, 1.54) is 4.31 Å². The summed E-state index contributed by atoms with van der Waals surface area (Å²) in [6, 6.07) is 20.9. The molecule has 0 bridgehead atoms. The van der Waals surface area contributed by atoms with Gasteiger partial charge in [0.1, 0.15) is 11.5 Å². The Morgan fingerprint density at radius 3 is 2.52 bits per heavy atom. The first-order valence-corrected chi connectivity index (χ1v) is 12.2. The smallest absolute Gasteiger partial charge is 0.264 e. The monoisotopic (exact) mass is 466 g/mol. The molecule has 1 aliphatic heterocycles. The number of amides is 1. The van der Waals surface area contributed by atoms with Crippen LogP contribution in [0, 0.1) is 6.92 Å². The molecule has 0 fully saturated rings. The second-order valence-corrected chi connectivity index (χ2v) is 9.54. The van der Waals surface area contributed by atoms with Gasteiger partial charge in [0.15, 0.2) is 6.10 Å². The molecule has 4 rings (SSSR count). The number of para-hydroxylation sites is 3. The van der Waals surface area contributed by atoms with Crippen LogP contribution >= 0.6 is 0 Å². The quantitative estimate of drug-likeness (QED) is 0.574. The van der Waals surface area contributed by atoms with E-state index in [4.69, 9.17) is 9.47 Å². The van der Waals surface area contributed by atoms with Crippen LogP contribution in [-0.2, 0) is 21.4 Å². The zero-order valence-corrected chi connectivity index (χ0v) is 19.3. The van der Waals surface area contributed by atoms with Crippen molar-refractivity contribution in [2.24, 2.45) is 0 Å². The Kier molecular flexibility index (Phi) is 6.55. The molecule has 0 unspecified atom stereocenters. The van der Waals surface area contributed by atoms with Crippen molar-refractivity contribution in [3.05, 3.63) is 83.9 Å². The Labute approximate surface area is 194 Å². The first-order valence-electron chi connectivity index (χ1n) is 10.7. The standard InChI is InChI=1S/C25H26N2O5S/c1-3-31-22-10-6-4-8-19(22)16-26-25(28)24-17-27(21-9-5-7-11-23(21)32-24)33(29,30)20-14-12-18(2)13-15-20/h4-15,24H,3,16-17H2,1-2H3,(H,26,28)/t24-/m0/s1. The Bertz CT molecular complexity index is 1240. The Balaban J connectivity index is 1.57. The average Bonchev–Trinajstić information content (AvgIpc) is 2.83. The van der Waals surface area contributed by atoms with Crippen LogP contribution in [-0.4, -0.2) is 33.6 Å². The van der Waals surface area contributed by atoms with E-state index in [9.17, 15) is 13.2 Å². The molecule has 1 atom stereocenters. The molecule has 1 aliphatic rings. The van der Waals surface area contributed by atoms with E-state index in [0.717, 1.165) is 11.1 Å². The van der Waals surface area contributed by atoms with Gasteiger partial charge in [0.2, 0.25) is 0 Å². The number of rotatable bonds is 7. The summed E-state index contributed by atoms with van der Waals surface area (Å²) in [5.74, 6) is 0.632. The number of benzene rings is 3. The van der Waals surface area contributed by atoms with Gasteiger partial charge in [0.25, 0.3) is 15.9 Å². The van der Waals surface area contributed by atoms with Gasteiger partial charge in [-0.2, -0.15) is 0 Å². The van der Waals surface area contributed by atoms with Crippen molar-refractivity contribution in [2.75, 3.05) is 17.5 Å². The maximum Gasteiger partial charge on any atom is 0.264 e. The predicted octanol–water partition coefficient (Wildman–Crippen LogP) is 3.67. The lowest BCUT2D eigenvalue weighted by molar-refractivity contribution is -0.127. The normalized spacial score (nSPS) is 15.3. The summed E-state index contributed by atoms with van der Waals surface area (Å²) >= 11 is 0. The van der Waals surface area contributed by atoms with Crippen LogP contribution in [0.15, 0.2) is 77.7 Å². The van der Waals surface area contributed by atoms with Gasteiger partial charge in [-0.15, -0.1) is 0 Å². The molecule has 0 radical (unpaired) electrons. The molecule has 0 spiro atoms. The Morgan fingerprint density at radius 2 is 1.76 bits per heavy atom. The third-order valence-electron chi connectivity index (χ3n) is 5.36. The van der Waals surface area contributed by atoms with Crippen LogP contribution < -0.4 is 19.1 Å². The maximum atomic E-state index is 13.4. The number of fused-ring (bicyclic) bond motifs is 1. The third-order valence-corrected chi connectivity index (χ3v) is 7.16. The van der Waals surface area contributed by atoms with E-state index in [-0.39, 0.29) is 18.0 Å². The van der Waals surface area contributed by atoms with Gasteiger partial charge >= 0.3 is 0 Å². The summed E-state index contributed by atoms with van der Waals surface area (Å²) in [4.78, 5) is 13.2. The van der Waals surface area contributed by atoms with E-state index in [1.807, 2.05) is 38.1 Å². The highest BCUT2D eigenvalue weighted by atomic mass is 32.2. The van der Waals surface area contributed by atoms with Crippen LogP contribution in [0.4, 0.5) is 5.69 Å². The molecule has 0 aromatic heterocycles. The SMILES string of the molecule is CCOc1ccccc1CNC(=O)[C@@H]1CN(S(=O)(=O)c2ccc(C)cc2)c2ccccc2O1. The van der Waals surface area contributed by atoms with Gasteiger partial charge in [-0.05, 0) is 44.2 Å². The van der Waals surface area contributed by atoms with Gasteiger partial charge in [-0.1, -0.05) is 48.0 Å². The fourth-order valence-corrected chi connectivity index (χ4v) is 5.12. The molecule has 33 heavy (non-hydrogen) atoms. The summed E-state index contributed by atoms with van der Waals surface area (Å²) in [6.45, 7) is 4.41. The summed E-state index contributed by atoms with van der Waals surface area (Å²) in [5.41, 5.74) is 2.19. The molecular weight excluding hydrogens is 440 g/mol. The first kappa shape index (κ1) is 22.7. The number of aryl methyl sites for hydroxylation is 1. The van der Waals surface area contributed by atoms with Gasteiger partial charge in [-0.25, -0.2) is 8.42 Å². The lowest BCUT2D eigenvalue weighted by atomic mass is 10.2. The van der Waals surface area contributed by atoms with E-state index in [0.29, 0.717) is 23.8 Å². The first-order chi connectivity index (χ1) is 15.9. The molecule has 8 heteroatoms. The molecule has 3 aromatic carbocycles. The van der Waals surface area contributed by atoms with Crippen molar-refractivity contribution in [1.29, 1.82) is 0 Å². The zero-order chi connectivity index (χ0) is 23.4. The number of carbonyl (C=O) groups excluding carboxylic acids is 1. The summed E-state index contributed by atoms with van der Waals surface area (Å²) in [7, 11) is -3.89. The molecule has 172 valence electrons. The molecule has 3 aromatic rings. The van der Waals surface area contributed by atoms with Crippen LogP contribution in [0.5, 0.6) is 11.5 Å². The summed E-state index contributed by atoms with van der Waals surface area (Å²) in [6.07, 6.45) is -1.00. The van der Waals surface area contributed by atoms with Crippen molar-refractivity contribution >= 4 is 21.6 Å². The van der Waals surface area contributed by atoms with Crippen molar-refractivity contribution in [3.63, 3.8) is 0 Å². The lowest BCUT2D eigenvalue weighted by Gasteiger charge is -2.34. The highest BCUT2D eigenvalue weighted by Crippen LogP contribution is 2.36. The molecule has 1 heterocycles. The Morgan fingerprint density at radius 1 is 1.06 bits per heavy atom. The maximum absolute atomic E-state index is 13.4. The third kappa shape index (κ3) is 4.80. The highest BCUT2D eigenvalue weighted by Gasteiger charge is 2.37. The minimum atomic E-state index is -3.89. The number of carbonyl (C=O) groups is 1. The van der Waals surface area contributed by atoms with Crippen molar-refractivity contribution in [1.82, 2.24) is 5.32 Å². The molecule has 0 aliphatic carbocycles. The predicted molar refractivity (Wildman–Crippen MR) is 126 cm³/mol. The topological polar surface area (TPSA) is 84.9 Å². The van der Waals surface area contributed by atoms with Crippen LogP contribution in [0.2, 0.25) is 0 Å². The molecule has 1 amide bonds. The Hall–Kier alpha value is -3.52. The minimum Gasteiger partial charge on any atom is -0.494 e. The van der Waals surface area contributed by atoms with Gasteiger partial charge in [0.05, 0.1) is 23.7 Å². The van der Waals surface area contributed by atoms with E-state index < -0.39 is 22.0 Å². The summed E-state index contributed by atoms with van der Waals surface area (Å²) < 4.78 is 39.6. The molecule has 7 nitrogen and oxygen atoms in total. The fourth-order valence-electron chi connectivity index (χ4n) is 3.65. The fraction of sp³-hybridized carbons (Fsp3) is 0.240. The largest absolute Gasteiger partial charge is 0.494 e. The molecule has 1 N–H and O–H groups in total. The van der Waals surface area contributed by atoms with E-state index in [2.05, 4.69) is 5.32 Å². The van der Waals surface area contributed by atoms with Gasteiger partial charge < -0.3 is 14.8 Å². The van der Waals surface area contributed by atoms with Crippen molar-refractivity contribution < 1.29 is 22.7 Å². The average molecular weight is 467 g/mol. The molecule has 0 saturated carbocycles. The number of anilines is 1. The van der Waals surface area contributed by atoms with Crippen LogP contribution in [0.3, 0.4) is 0 Å². The highest BCUT2D eigenvalue weighted by molar-refractivity contribution is 7.92.